The van der Waals surface area contributed by atoms with Crippen LogP contribution in [0.5, 0.6) is 5.75 Å². The van der Waals surface area contributed by atoms with E-state index in [0.717, 1.165) is 25.7 Å². The Bertz CT molecular complexity index is 420. The quantitative estimate of drug-likeness (QED) is 0.761. The second-order valence-corrected chi connectivity index (χ2v) is 5.22. The molecule has 0 heterocycles. The summed E-state index contributed by atoms with van der Waals surface area (Å²) in [4.78, 5) is 12.3. The predicted octanol–water partition coefficient (Wildman–Crippen LogP) is 4.30. The number of alkyl halides is 2. The highest BCUT2D eigenvalue weighted by Gasteiger charge is 2.25. The lowest BCUT2D eigenvalue weighted by atomic mass is 9.79. The van der Waals surface area contributed by atoms with Gasteiger partial charge < -0.3 is 4.74 Å². The number of ketones is 1. The maximum Gasteiger partial charge on any atom is 0.387 e. The summed E-state index contributed by atoms with van der Waals surface area (Å²) in [6, 6.07) is 5.98. The number of ether oxygens (including phenoxy) is 1. The van der Waals surface area contributed by atoms with Crippen LogP contribution in [0.2, 0.25) is 0 Å². The fraction of sp³-hybridized carbons (Fsp3) is 0.533. The summed E-state index contributed by atoms with van der Waals surface area (Å²) in [6.07, 6.45) is 4.02. The van der Waals surface area contributed by atoms with E-state index in [0.29, 0.717) is 11.5 Å². The minimum atomic E-state index is -2.83. The number of rotatable bonds is 4. The molecule has 1 fully saturated rings. The summed E-state index contributed by atoms with van der Waals surface area (Å²) in [5.74, 6) is 0.989. The Labute approximate surface area is 111 Å². The van der Waals surface area contributed by atoms with Gasteiger partial charge in [0.2, 0.25) is 0 Å². The molecule has 104 valence electrons. The normalized spacial score (nSPS) is 23.4. The van der Waals surface area contributed by atoms with Crippen molar-refractivity contribution in [2.75, 3.05) is 0 Å². The molecule has 0 aromatic heterocycles. The molecule has 2 nitrogen and oxygen atoms in total. The van der Waals surface area contributed by atoms with Crippen LogP contribution >= 0.6 is 0 Å². The molecule has 0 atom stereocenters. The van der Waals surface area contributed by atoms with Crippen LogP contribution in [0.3, 0.4) is 0 Å². The molecule has 0 aliphatic heterocycles. The number of Topliss-reactive ketones (excluding diaryl/α,β-unsaturated/α-hetero) is 1. The van der Waals surface area contributed by atoms with Gasteiger partial charge >= 0.3 is 6.61 Å². The van der Waals surface area contributed by atoms with Crippen molar-refractivity contribution < 1.29 is 18.3 Å². The van der Waals surface area contributed by atoms with Gasteiger partial charge in [-0.2, -0.15) is 8.78 Å². The van der Waals surface area contributed by atoms with E-state index in [1.807, 2.05) is 0 Å². The fourth-order valence-electron chi connectivity index (χ4n) is 2.56. The molecular formula is C15H18F2O2. The van der Waals surface area contributed by atoms with Gasteiger partial charge in [0.25, 0.3) is 0 Å². The summed E-state index contributed by atoms with van der Waals surface area (Å²) in [5, 5.41) is 0. The third-order valence-electron chi connectivity index (χ3n) is 3.75. The number of benzene rings is 1. The molecule has 1 aliphatic carbocycles. The van der Waals surface area contributed by atoms with Crippen LogP contribution in [-0.4, -0.2) is 12.4 Å². The van der Waals surface area contributed by atoms with Crippen molar-refractivity contribution >= 4 is 5.78 Å². The van der Waals surface area contributed by atoms with Crippen molar-refractivity contribution in [3.05, 3.63) is 29.8 Å². The van der Waals surface area contributed by atoms with E-state index in [1.165, 1.54) is 12.1 Å². The molecule has 0 saturated heterocycles. The summed E-state index contributed by atoms with van der Waals surface area (Å²) >= 11 is 0. The second-order valence-electron chi connectivity index (χ2n) is 5.22. The van der Waals surface area contributed by atoms with Gasteiger partial charge in [0.15, 0.2) is 5.78 Å². The topological polar surface area (TPSA) is 26.3 Å². The van der Waals surface area contributed by atoms with E-state index < -0.39 is 6.61 Å². The Kier molecular flexibility index (Phi) is 4.51. The molecule has 0 N–H and O–H groups in total. The van der Waals surface area contributed by atoms with Crippen LogP contribution in [0.4, 0.5) is 8.78 Å². The van der Waals surface area contributed by atoms with Gasteiger partial charge in [-0.15, -0.1) is 0 Å². The molecule has 1 aromatic rings. The first-order chi connectivity index (χ1) is 9.06. The Balaban J connectivity index is 1.99. The SMILES string of the molecule is CC1CCC(C(=O)c2ccc(OC(F)F)cc2)CC1. The molecular weight excluding hydrogens is 250 g/mol. The van der Waals surface area contributed by atoms with Crippen molar-refractivity contribution in [1.82, 2.24) is 0 Å². The largest absolute Gasteiger partial charge is 0.435 e. The molecule has 0 spiro atoms. The third kappa shape index (κ3) is 3.75. The minimum Gasteiger partial charge on any atom is -0.435 e. The van der Waals surface area contributed by atoms with Gasteiger partial charge in [-0.3, -0.25) is 4.79 Å². The van der Waals surface area contributed by atoms with Crippen LogP contribution in [0.15, 0.2) is 24.3 Å². The molecule has 1 aliphatic rings. The Morgan fingerprint density at radius 1 is 1.16 bits per heavy atom. The molecule has 0 radical (unpaired) electrons. The van der Waals surface area contributed by atoms with E-state index in [9.17, 15) is 13.6 Å². The lowest BCUT2D eigenvalue weighted by molar-refractivity contribution is -0.0498. The Morgan fingerprint density at radius 2 is 1.74 bits per heavy atom. The second kappa shape index (κ2) is 6.13. The summed E-state index contributed by atoms with van der Waals surface area (Å²) in [6.45, 7) is -0.627. The van der Waals surface area contributed by atoms with Crippen molar-refractivity contribution in [1.29, 1.82) is 0 Å². The summed E-state index contributed by atoms with van der Waals surface area (Å²) in [5.41, 5.74) is 0.584. The van der Waals surface area contributed by atoms with Crippen LogP contribution in [0, 0.1) is 11.8 Å². The molecule has 0 amide bonds. The number of hydrogen-bond acceptors (Lipinski definition) is 2. The zero-order valence-corrected chi connectivity index (χ0v) is 10.9. The smallest absolute Gasteiger partial charge is 0.387 e. The molecule has 4 heteroatoms. The molecule has 1 saturated carbocycles. The molecule has 19 heavy (non-hydrogen) atoms. The zero-order chi connectivity index (χ0) is 13.8. The van der Waals surface area contributed by atoms with Gasteiger partial charge in [0.1, 0.15) is 5.75 Å². The monoisotopic (exact) mass is 268 g/mol. The van der Waals surface area contributed by atoms with Crippen LogP contribution < -0.4 is 4.74 Å². The van der Waals surface area contributed by atoms with Gasteiger partial charge in [0, 0.05) is 11.5 Å². The number of carbonyl (C=O) groups is 1. The van der Waals surface area contributed by atoms with Gasteiger partial charge in [-0.25, -0.2) is 0 Å². The van der Waals surface area contributed by atoms with Crippen molar-refractivity contribution in [3.8, 4) is 5.75 Å². The standard InChI is InChI=1S/C15H18F2O2/c1-10-2-4-11(5-3-10)14(18)12-6-8-13(9-7-12)19-15(16)17/h6-11,15H,2-5H2,1H3. The average Bonchev–Trinajstić information content (AvgIpc) is 2.39. The fourth-order valence-corrected chi connectivity index (χ4v) is 2.56. The van der Waals surface area contributed by atoms with E-state index in [4.69, 9.17) is 0 Å². The Morgan fingerprint density at radius 3 is 2.26 bits per heavy atom. The zero-order valence-electron chi connectivity index (χ0n) is 10.9. The van der Waals surface area contributed by atoms with E-state index in [1.54, 1.807) is 12.1 Å². The van der Waals surface area contributed by atoms with E-state index >= 15 is 0 Å². The lowest BCUT2D eigenvalue weighted by Gasteiger charge is -2.25. The van der Waals surface area contributed by atoms with Gasteiger partial charge in [0.05, 0.1) is 0 Å². The molecule has 0 unspecified atom stereocenters. The van der Waals surface area contributed by atoms with Crippen molar-refractivity contribution in [2.24, 2.45) is 11.8 Å². The van der Waals surface area contributed by atoms with Gasteiger partial charge in [-0.05, 0) is 43.0 Å². The molecule has 2 rings (SSSR count). The van der Waals surface area contributed by atoms with Crippen LogP contribution in [-0.2, 0) is 0 Å². The molecule has 1 aromatic carbocycles. The average molecular weight is 268 g/mol. The first kappa shape index (κ1) is 14.0. The highest BCUT2D eigenvalue weighted by Crippen LogP contribution is 2.31. The van der Waals surface area contributed by atoms with E-state index in [2.05, 4.69) is 11.7 Å². The van der Waals surface area contributed by atoms with Crippen LogP contribution in [0.1, 0.15) is 43.0 Å². The highest BCUT2D eigenvalue weighted by atomic mass is 19.3. The first-order valence-corrected chi connectivity index (χ1v) is 6.65. The van der Waals surface area contributed by atoms with Gasteiger partial charge in [-0.1, -0.05) is 19.8 Å². The van der Waals surface area contributed by atoms with Crippen LogP contribution in [0.25, 0.3) is 0 Å². The number of hydrogen-bond donors (Lipinski definition) is 0. The first-order valence-electron chi connectivity index (χ1n) is 6.65. The van der Waals surface area contributed by atoms with Crippen molar-refractivity contribution in [2.45, 2.75) is 39.2 Å². The Hall–Kier alpha value is -1.45. The minimum absolute atomic E-state index is 0.0815. The predicted molar refractivity (Wildman–Crippen MR) is 68.5 cm³/mol. The number of carbonyl (C=O) groups excluding carboxylic acids is 1. The highest BCUT2D eigenvalue weighted by molar-refractivity contribution is 5.97. The lowest BCUT2D eigenvalue weighted by Crippen LogP contribution is -2.20. The summed E-state index contributed by atoms with van der Waals surface area (Å²) in [7, 11) is 0. The van der Waals surface area contributed by atoms with Crippen molar-refractivity contribution in [3.63, 3.8) is 0 Å². The third-order valence-corrected chi connectivity index (χ3v) is 3.75. The maximum absolute atomic E-state index is 12.3. The summed E-state index contributed by atoms with van der Waals surface area (Å²) < 4.78 is 28.3. The number of halogens is 2. The maximum atomic E-state index is 12.3. The molecule has 0 bridgehead atoms. The van der Waals surface area contributed by atoms with E-state index in [-0.39, 0.29) is 17.5 Å².